The molecule has 0 aliphatic heterocycles. The molecule has 1 nitrogen and oxygen atoms in total. The Hall–Kier alpha value is -0.100. The van der Waals surface area contributed by atoms with E-state index in [0.717, 1.165) is 0 Å². The van der Waals surface area contributed by atoms with Gasteiger partial charge in [0.25, 0.3) is 0 Å². The number of hydrogen-bond acceptors (Lipinski definition) is 1. The minimum Gasteiger partial charge on any atom is -0.286 e. The standard InChI is InChI=1S/C7H5Cl2OP/c8-11(9)7(10)6-4-2-1-3-5-6/h1-5H. The van der Waals surface area contributed by atoms with E-state index in [1.807, 2.05) is 6.07 Å². The fourth-order valence-corrected chi connectivity index (χ4v) is 1.61. The molecule has 0 atom stereocenters. The van der Waals surface area contributed by atoms with Crippen LogP contribution in [-0.2, 0) is 0 Å². The molecule has 0 N–H and O–H groups in total. The summed E-state index contributed by atoms with van der Waals surface area (Å²) in [6, 6.07) is 8.78. The molecule has 58 valence electrons. The Balaban J connectivity index is 2.86. The fourth-order valence-electron chi connectivity index (χ4n) is 0.678. The largest absolute Gasteiger partial charge is 0.286 e. The van der Waals surface area contributed by atoms with Crippen LogP contribution in [0.2, 0.25) is 0 Å². The summed E-state index contributed by atoms with van der Waals surface area (Å²) < 4.78 is 0. The fraction of sp³-hybridized carbons (Fsp3) is 0. The van der Waals surface area contributed by atoms with Gasteiger partial charge < -0.3 is 0 Å². The third-order valence-corrected chi connectivity index (χ3v) is 2.66. The highest BCUT2D eigenvalue weighted by atomic mass is 35.9. The molecule has 0 aliphatic rings. The molecular formula is C7H5Cl2OP. The van der Waals surface area contributed by atoms with Gasteiger partial charge in [0.05, 0.1) is 0 Å². The summed E-state index contributed by atoms with van der Waals surface area (Å²) in [7, 11) is 0. The smallest absolute Gasteiger partial charge is 0.215 e. The summed E-state index contributed by atoms with van der Waals surface area (Å²) in [5.41, 5.74) is 0.382. The first-order valence-corrected chi connectivity index (χ1v) is 6.08. The van der Waals surface area contributed by atoms with Crippen molar-refractivity contribution in [3.63, 3.8) is 0 Å². The highest BCUT2D eigenvalue weighted by molar-refractivity contribution is 8.15. The molecule has 0 bridgehead atoms. The lowest BCUT2D eigenvalue weighted by molar-refractivity contribution is 0.108. The molecule has 0 saturated carbocycles. The number of halogens is 2. The van der Waals surface area contributed by atoms with Crippen LogP contribution >= 0.6 is 29.1 Å². The molecule has 1 rings (SSSR count). The molecule has 0 saturated heterocycles. The average Bonchev–Trinajstić information content (AvgIpc) is 2.05. The van der Waals surface area contributed by atoms with Gasteiger partial charge in [0, 0.05) is 5.56 Å². The van der Waals surface area contributed by atoms with Gasteiger partial charge >= 0.3 is 0 Å². The molecule has 0 spiro atoms. The van der Waals surface area contributed by atoms with Crippen molar-refractivity contribution in [1.29, 1.82) is 0 Å². The molecule has 0 amide bonds. The van der Waals surface area contributed by atoms with Crippen LogP contribution in [-0.4, -0.2) is 5.52 Å². The van der Waals surface area contributed by atoms with Gasteiger partial charge in [-0.1, -0.05) is 52.8 Å². The normalized spacial score (nSPS) is 10.1. The Bertz CT molecular complexity index is 248. The van der Waals surface area contributed by atoms with E-state index in [9.17, 15) is 4.79 Å². The van der Waals surface area contributed by atoms with Gasteiger partial charge in [-0.15, -0.1) is 0 Å². The van der Waals surface area contributed by atoms with E-state index in [1.165, 1.54) is 0 Å². The topological polar surface area (TPSA) is 17.1 Å². The van der Waals surface area contributed by atoms with Crippen molar-refractivity contribution < 1.29 is 4.79 Å². The highest BCUT2D eigenvalue weighted by Crippen LogP contribution is 2.49. The van der Waals surface area contributed by atoms with Crippen molar-refractivity contribution in [3.05, 3.63) is 35.9 Å². The summed E-state index contributed by atoms with van der Waals surface area (Å²) >= 11 is 10.9. The van der Waals surface area contributed by atoms with E-state index < -0.39 is 6.63 Å². The monoisotopic (exact) mass is 206 g/mol. The first-order chi connectivity index (χ1) is 5.22. The van der Waals surface area contributed by atoms with Gasteiger partial charge in [0.2, 0.25) is 5.52 Å². The number of benzene rings is 1. The Labute approximate surface area is 75.6 Å². The van der Waals surface area contributed by atoms with Crippen molar-refractivity contribution in [3.8, 4) is 0 Å². The van der Waals surface area contributed by atoms with Crippen molar-refractivity contribution in [2.75, 3.05) is 0 Å². The predicted octanol–water partition coefficient (Wildman–Crippen LogP) is 3.62. The van der Waals surface area contributed by atoms with Crippen molar-refractivity contribution in [2.45, 2.75) is 0 Å². The lowest BCUT2D eigenvalue weighted by Crippen LogP contribution is -1.89. The SMILES string of the molecule is O=C(c1ccccc1)P(Cl)Cl. The summed E-state index contributed by atoms with van der Waals surface area (Å²) in [6.45, 7) is -1.53. The van der Waals surface area contributed by atoms with Gasteiger partial charge in [0.1, 0.15) is 0 Å². The van der Waals surface area contributed by atoms with E-state index >= 15 is 0 Å². The predicted molar refractivity (Wildman–Crippen MR) is 49.4 cm³/mol. The Morgan fingerprint density at radius 3 is 2.18 bits per heavy atom. The molecule has 4 heteroatoms. The Morgan fingerprint density at radius 1 is 1.18 bits per heavy atom. The number of rotatable bonds is 2. The van der Waals surface area contributed by atoms with Gasteiger partial charge in [-0.2, -0.15) is 0 Å². The van der Waals surface area contributed by atoms with Gasteiger partial charge in [-0.05, 0) is 0 Å². The lowest BCUT2D eigenvalue weighted by atomic mass is 10.2. The van der Waals surface area contributed by atoms with Crippen molar-refractivity contribution >= 4 is 34.6 Å². The van der Waals surface area contributed by atoms with Gasteiger partial charge in [-0.3, -0.25) is 4.79 Å². The third kappa shape index (κ3) is 2.44. The summed E-state index contributed by atoms with van der Waals surface area (Å²) in [6.07, 6.45) is 0. The van der Waals surface area contributed by atoms with E-state index in [-0.39, 0.29) is 5.52 Å². The van der Waals surface area contributed by atoms with Crippen LogP contribution in [0.5, 0.6) is 0 Å². The van der Waals surface area contributed by atoms with Crippen molar-refractivity contribution in [2.24, 2.45) is 0 Å². The second-order valence-electron chi connectivity index (χ2n) is 1.90. The lowest BCUT2D eigenvalue weighted by Gasteiger charge is -1.97. The molecule has 0 radical (unpaired) electrons. The van der Waals surface area contributed by atoms with E-state index in [0.29, 0.717) is 5.56 Å². The summed E-state index contributed by atoms with van der Waals surface area (Å²) in [5.74, 6) is 0. The molecular weight excluding hydrogens is 202 g/mol. The maximum atomic E-state index is 11.1. The molecule has 1 aromatic rings. The molecule has 11 heavy (non-hydrogen) atoms. The van der Waals surface area contributed by atoms with Crippen LogP contribution in [0.4, 0.5) is 0 Å². The van der Waals surface area contributed by atoms with E-state index in [2.05, 4.69) is 0 Å². The number of hydrogen-bond donors (Lipinski definition) is 0. The molecule has 0 fully saturated rings. The average molecular weight is 207 g/mol. The van der Waals surface area contributed by atoms with E-state index in [4.69, 9.17) is 22.5 Å². The zero-order valence-corrected chi connectivity index (χ0v) is 7.90. The minimum atomic E-state index is -1.53. The third-order valence-electron chi connectivity index (χ3n) is 1.17. The minimum absolute atomic E-state index is 0.191. The van der Waals surface area contributed by atoms with Crippen LogP contribution < -0.4 is 0 Å². The number of carbonyl (C=O) groups is 1. The molecule has 0 heterocycles. The molecule has 0 aliphatic carbocycles. The molecule has 0 aromatic heterocycles. The molecule has 1 aromatic carbocycles. The maximum absolute atomic E-state index is 11.1. The Morgan fingerprint density at radius 2 is 1.73 bits per heavy atom. The van der Waals surface area contributed by atoms with Crippen LogP contribution in [0.3, 0.4) is 0 Å². The maximum Gasteiger partial charge on any atom is 0.215 e. The van der Waals surface area contributed by atoms with Crippen LogP contribution in [0.25, 0.3) is 0 Å². The van der Waals surface area contributed by atoms with Gasteiger partial charge in [0.15, 0.2) is 6.63 Å². The summed E-state index contributed by atoms with van der Waals surface area (Å²) in [5, 5.41) is 0. The number of carbonyl (C=O) groups excluding carboxylic acids is 1. The van der Waals surface area contributed by atoms with E-state index in [1.54, 1.807) is 24.3 Å². The zero-order chi connectivity index (χ0) is 8.27. The quantitative estimate of drug-likeness (QED) is 0.676. The van der Waals surface area contributed by atoms with Crippen LogP contribution in [0.15, 0.2) is 30.3 Å². The van der Waals surface area contributed by atoms with Crippen molar-refractivity contribution in [1.82, 2.24) is 0 Å². The van der Waals surface area contributed by atoms with Gasteiger partial charge in [-0.25, -0.2) is 0 Å². The van der Waals surface area contributed by atoms with Crippen LogP contribution in [0.1, 0.15) is 10.4 Å². The first kappa shape index (κ1) is 8.99. The first-order valence-electron chi connectivity index (χ1n) is 2.93. The molecule has 0 unspecified atom stereocenters. The Kier molecular flexibility index (Phi) is 3.32. The second-order valence-corrected chi connectivity index (χ2v) is 5.32. The second kappa shape index (κ2) is 4.06. The van der Waals surface area contributed by atoms with Crippen LogP contribution in [0, 0.1) is 0 Å². The zero-order valence-electron chi connectivity index (χ0n) is 5.50. The highest BCUT2D eigenvalue weighted by Gasteiger charge is 2.13. The summed E-state index contributed by atoms with van der Waals surface area (Å²) in [4.78, 5) is 11.1.